The predicted molar refractivity (Wildman–Crippen MR) is 47.5 cm³/mol. The average Bonchev–Trinajstić information content (AvgIpc) is 2.36. The maximum atomic E-state index is 8.88. The van der Waals surface area contributed by atoms with Gasteiger partial charge in [-0.2, -0.15) is 15.8 Å². The molecule has 1 aliphatic heterocycles. The Morgan fingerprint density at radius 3 is 2.23 bits per heavy atom. The van der Waals surface area contributed by atoms with Crippen LogP contribution < -0.4 is 5.73 Å². The molecule has 0 aliphatic carbocycles. The molecule has 0 aromatic heterocycles. The van der Waals surface area contributed by atoms with Crippen molar-refractivity contribution in [2.24, 2.45) is 11.1 Å². The monoisotopic (exact) mass is 190 g/mol. The normalized spacial score (nSPS) is 24.6. The Balaban J connectivity index is 3.35. The summed E-state index contributed by atoms with van der Waals surface area (Å²) in [5.74, 6) is 0. The van der Waals surface area contributed by atoms with Crippen molar-refractivity contribution in [3.05, 3.63) is 10.6 Å². The van der Waals surface area contributed by atoms with Crippen LogP contribution in [0.5, 0.6) is 0 Å². The van der Waals surface area contributed by atoms with E-state index in [-0.39, 0.29) is 15.9 Å². The van der Waals surface area contributed by atoms with Crippen molar-refractivity contribution in [1.82, 2.24) is 0 Å². The molecule has 0 amide bonds. The van der Waals surface area contributed by atoms with Crippen LogP contribution in [-0.4, -0.2) is 5.25 Å². The van der Waals surface area contributed by atoms with Gasteiger partial charge in [0, 0.05) is 5.25 Å². The first-order valence-corrected chi connectivity index (χ1v) is 4.40. The van der Waals surface area contributed by atoms with Crippen LogP contribution in [0.15, 0.2) is 10.6 Å². The highest BCUT2D eigenvalue weighted by molar-refractivity contribution is 8.03. The van der Waals surface area contributed by atoms with E-state index in [1.807, 2.05) is 18.2 Å². The number of nitrogens with zero attached hydrogens (tertiary/aromatic N) is 3. The molecule has 1 heterocycles. The minimum atomic E-state index is -1.36. The molecule has 0 radical (unpaired) electrons. The summed E-state index contributed by atoms with van der Waals surface area (Å²) in [4.78, 5) is 0. The molecule has 0 aromatic rings. The summed E-state index contributed by atoms with van der Waals surface area (Å²) < 4.78 is 0. The van der Waals surface area contributed by atoms with E-state index < -0.39 is 5.41 Å². The maximum absolute atomic E-state index is 8.88. The Morgan fingerprint density at radius 1 is 1.38 bits per heavy atom. The molecule has 0 aromatic carbocycles. The lowest BCUT2D eigenvalue weighted by molar-refractivity contribution is 0.638. The Kier molecular flexibility index (Phi) is 2.19. The lowest BCUT2D eigenvalue weighted by Gasteiger charge is -2.15. The summed E-state index contributed by atoms with van der Waals surface area (Å²) in [6.45, 7) is 1.72. The third kappa shape index (κ3) is 1.04. The van der Waals surface area contributed by atoms with Crippen LogP contribution in [0.1, 0.15) is 6.92 Å². The van der Waals surface area contributed by atoms with Gasteiger partial charge in [0.05, 0.1) is 22.7 Å². The summed E-state index contributed by atoms with van der Waals surface area (Å²) in [5, 5.41) is 26.5. The second-order valence-corrected chi connectivity index (χ2v) is 4.03. The van der Waals surface area contributed by atoms with Gasteiger partial charge in [-0.05, 0) is 6.92 Å². The molecule has 0 fully saturated rings. The molecule has 13 heavy (non-hydrogen) atoms. The van der Waals surface area contributed by atoms with Crippen molar-refractivity contribution in [2.45, 2.75) is 12.2 Å². The number of hydrogen-bond acceptors (Lipinski definition) is 5. The molecule has 1 atom stereocenters. The lowest BCUT2D eigenvalue weighted by Crippen LogP contribution is -2.25. The van der Waals surface area contributed by atoms with Gasteiger partial charge in [-0.1, -0.05) is 0 Å². The van der Waals surface area contributed by atoms with Crippen LogP contribution in [0.25, 0.3) is 0 Å². The van der Waals surface area contributed by atoms with Gasteiger partial charge >= 0.3 is 0 Å². The van der Waals surface area contributed by atoms with Crippen LogP contribution in [0.2, 0.25) is 0 Å². The third-order valence-corrected chi connectivity index (χ3v) is 3.18. The molecule has 0 saturated heterocycles. The van der Waals surface area contributed by atoms with E-state index in [0.29, 0.717) is 0 Å². The molecule has 1 aliphatic rings. The standard InChI is InChI=1S/C8H6N4S/c1-5-8(3-10,4-11)6(2-9)7(12)13-5/h5H,12H2,1H3. The first-order chi connectivity index (χ1) is 6.12. The summed E-state index contributed by atoms with van der Waals surface area (Å²) in [7, 11) is 0. The first kappa shape index (κ1) is 9.45. The van der Waals surface area contributed by atoms with Gasteiger partial charge < -0.3 is 5.73 Å². The maximum Gasteiger partial charge on any atom is 0.192 e. The first-order valence-electron chi connectivity index (χ1n) is 3.52. The third-order valence-electron chi connectivity index (χ3n) is 2.02. The summed E-state index contributed by atoms with van der Waals surface area (Å²) in [6, 6.07) is 5.56. The minimum absolute atomic E-state index is 0.0926. The molecule has 5 heteroatoms. The highest BCUT2D eigenvalue weighted by atomic mass is 32.2. The number of thioether (sulfide) groups is 1. The van der Waals surface area contributed by atoms with Crippen LogP contribution in [0, 0.1) is 39.4 Å². The van der Waals surface area contributed by atoms with E-state index in [1.165, 1.54) is 11.8 Å². The second kappa shape index (κ2) is 3.01. The predicted octanol–water partition coefficient (Wildman–Crippen LogP) is 0.849. The van der Waals surface area contributed by atoms with E-state index >= 15 is 0 Å². The van der Waals surface area contributed by atoms with Crippen molar-refractivity contribution in [2.75, 3.05) is 0 Å². The summed E-state index contributed by atoms with van der Waals surface area (Å²) in [6.07, 6.45) is 0. The highest BCUT2D eigenvalue weighted by Crippen LogP contribution is 2.47. The second-order valence-electron chi connectivity index (χ2n) is 2.64. The molecule has 2 N–H and O–H groups in total. The molecular formula is C8H6N4S. The number of hydrogen-bond donors (Lipinski definition) is 1. The van der Waals surface area contributed by atoms with Gasteiger partial charge in [-0.15, -0.1) is 11.8 Å². The van der Waals surface area contributed by atoms with Gasteiger partial charge in [-0.25, -0.2) is 0 Å². The molecular weight excluding hydrogens is 184 g/mol. The average molecular weight is 190 g/mol. The van der Waals surface area contributed by atoms with Gasteiger partial charge in [0.15, 0.2) is 5.41 Å². The molecule has 1 unspecified atom stereocenters. The fourth-order valence-electron chi connectivity index (χ4n) is 1.20. The highest BCUT2D eigenvalue weighted by Gasteiger charge is 2.48. The van der Waals surface area contributed by atoms with E-state index in [0.717, 1.165) is 0 Å². The minimum Gasteiger partial charge on any atom is -0.393 e. The Hall–Kier alpha value is -1.64. The van der Waals surface area contributed by atoms with Crippen LogP contribution in [-0.2, 0) is 0 Å². The van der Waals surface area contributed by atoms with Crippen molar-refractivity contribution >= 4 is 11.8 Å². The SMILES string of the molecule is CC1SC(N)=C(C#N)C1(C#N)C#N. The Labute approximate surface area is 80.2 Å². The summed E-state index contributed by atoms with van der Waals surface area (Å²) >= 11 is 1.20. The number of rotatable bonds is 0. The van der Waals surface area contributed by atoms with Crippen molar-refractivity contribution in [1.29, 1.82) is 15.8 Å². The van der Waals surface area contributed by atoms with E-state index in [1.54, 1.807) is 6.92 Å². The molecule has 1 rings (SSSR count). The quantitative estimate of drug-likeness (QED) is 0.610. The van der Waals surface area contributed by atoms with E-state index in [4.69, 9.17) is 21.5 Å². The molecule has 0 saturated carbocycles. The van der Waals surface area contributed by atoms with Gasteiger partial charge in [0.2, 0.25) is 0 Å². The zero-order valence-corrected chi connectivity index (χ0v) is 7.72. The van der Waals surface area contributed by atoms with Crippen LogP contribution in [0.4, 0.5) is 0 Å². The number of nitrogens with two attached hydrogens (primary N) is 1. The molecule has 0 bridgehead atoms. The Bertz CT molecular complexity index is 376. The van der Waals surface area contributed by atoms with Gasteiger partial charge in [-0.3, -0.25) is 0 Å². The lowest BCUT2D eigenvalue weighted by atomic mass is 9.81. The van der Waals surface area contributed by atoms with Crippen molar-refractivity contribution in [3.8, 4) is 18.2 Å². The molecule has 4 nitrogen and oxygen atoms in total. The zero-order chi connectivity index (χ0) is 10.1. The topological polar surface area (TPSA) is 97.4 Å². The van der Waals surface area contributed by atoms with Gasteiger partial charge in [0.25, 0.3) is 0 Å². The number of nitriles is 3. The summed E-state index contributed by atoms with van der Waals surface area (Å²) in [5.41, 5.74) is 4.26. The van der Waals surface area contributed by atoms with E-state index in [9.17, 15) is 0 Å². The van der Waals surface area contributed by atoms with Crippen LogP contribution >= 0.6 is 11.8 Å². The van der Waals surface area contributed by atoms with Crippen molar-refractivity contribution < 1.29 is 0 Å². The number of allylic oxidation sites excluding steroid dienone is 1. The van der Waals surface area contributed by atoms with E-state index in [2.05, 4.69) is 0 Å². The van der Waals surface area contributed by atoms with Crippen LogP contribution in [0.3, 0.4) is 0 Å². The van der Waals surface area contributed by atoms with Gasteiger partial charge in [0.1, 0.15) is 6.07 Å². The molecule has 64 valence electrons. The largest absolute Gasteiger partial charge is 0.393 e. The van der Waals surface area contributed by atoms with Crippen molar-refractivity contribution in [3.63, 3.8) is 0 Å². The fraction of sp³-hybridized carbons (Fsp3) is 0.375. The fourth-order valence-corrected chi connectivity index (χ4v) is 2.30. The molecule has 0 spiro atoms. The smallest absolute Gasteiger partial charge is 0.192 e. The zero-order valence-electron chi connectivity index (χ0n) is 6.90. The Morgan fingerprint density at radius 2 is 1.92 bits per heavy atom.